The van der Waals surface area contributed by atoms with Gasteiger partial charge in [0, 0.05) is 11.5 Å². The maximum atomic E-state index is 5.84. The molecule has 0 bridgehead atoms. The van der Waals surface area contributed by atoms with Gasteiger partial charge in [0.15, 0.2) is 0 Å². The van der Waals surface area contributed by atoms with E-state index in [0.717, 1.165) is 21.5 Å². The van der Waals surface area contributed by atoms with Crippen molar-refractivity contribution in [2.45, 2.75) is 43.0 Å². The SMILES string of the molecule is Cc1occc1Sc1cc(N)nc(C(C)(C)C)n1. The normalized spacial score (nSPS) is 11.8. The van der Waals surface area contributed by atoms with Crippen molar-refractivity contribution in [1.29, 1.82) is 0 Å². The molecule has 2 aromatic rings. The molecule has 2 rings (SSSR count). The zero-order valence-electron chi connectivity index (χ0n) is 11.0. The van der Waals surface area contributed by atoms with Crippen molar-refractivity contribution in [3.05, 3.63) is 30.0 Å². The highest BCUT2D eigenvalue weighted by Crippen LogP contribution is 2.31. The number of aryl methyl sites for hydroxylation is 1. The number of aromatic nitrogens is 2. The number of furan rings is 1. The van der Waals surface area contributed by atoms with Gasteiger partial charge in [-0.3, -0.25) is 0 Å². The Morgan fingerprint density at radius 3 is 2.56 bits per heavy atom. The van der Waals surface area contributed by atoms with E-state index in [4.69, 9.17) is 10.2 Å². The predicted molar refractivity (Wildman–Crippen MR) is 72.7 cm³/mol. The average molecular weight is 263 g/mol. The van der Waals surface area contributed by atoms with Crippen molar-refractivity contribution in [1.82, 2.24) is 9.97 Å². The standard InChI is InChI=1S/C13H17N3OS/c1-8-9(5-6-17-8)18-11-7-10(14)15-12(16-11)13(2,3)4/h5-7H,1-4H3,(H2,14,15,16). The van der Waals surface area contributed by atoms with E-state index in [1.54, 1.807) is 24.1 Å². The second-order valence-electron chi connectivity index (χ2n) is 5.15. The summed E-state index contributed by atoms with van der Waals surface area (Å²) in [4.78, 5) is 9.89. The fourth-order valence-corrected chi connectivity index (χ4v) is 2.27. The Kier molecular flexibility index (Phi) is 3.34. The van der Waals surface area contributed by atoms with Gasteiger partial charge in [0.05, 0.1) is 11.2 Å². The second-order valence-corrected chi connectivity index (χ2v) is 6.21. The summed E-state index contributed by atoms with van der Waals surface area (Å²) in [5.41, 5.74) is 5.72. The Labute approximate surface area is 111 Å². The highest BCUT2D eigenvalue weighted by atomic mass is 32.2. The molecule has 96 valence electrons. The van der Waals surface area contributed by atoms with E-state index in [2.05, 4.69) is 30.7 Å². The summed E-state index contributed by atoms with van der Waals surface area (Å²) < 4.78 is 5.27. The summed E-state index contributed by atoms with van der Waals surface area (Å²) in [6.07, 6.45) is 1.67. The van der Waals surface area contributed by atoms with Crippen molar-refractivity contribution < 1.29 is 4.42 Å². The van der Waals surface area contributed by atoms with Crippen LogP contribution in [0.3, 0.4) is 0 Å². The third-order valence-corrected chi connectivity index (χ3v) is 3.48. The number of nitrogens with zero attached hydrogens (tertiary/aromatic N) is 2. The lowest BCUT2D eigenvalue weighted by molar-refractivity contribution is 0.526. The lowest BCUT2D eigenvalue weighted by atomic mass is 9.96. The van der Waals surface area contributed by atoms with Crippen LogP contribution in [0, 0.1) is 6.92 Å². The Morgan fingerprint density at radius 1 is 1.28 bits per heavy atom. The summed E-state index contributed by atoms with van der Waals surface area (Å²) in [5, 5.41) is 0.844. The van der Waals surface area contributed by atoms with Gasteiger partial charge in [0.1, 0.15) is 22.4 Å². The van der Waals surface area contributed by atoms with Crippen LogP contribution in [0.4, 0.5) is 5.82 Å². The first-order chi connectivity index (χ1) is 8.36. The molecule has 0 saturated heterocycles. The number of hydrogen-bond donors (Lipinski definition) is 1. The van der Waals surface area contributed by atoms with Crippen LogP contribution in [0.1, 0.15) is 32.4 Å². The predicted octanol–water partition coefficient (Wildman–Crippen LogP) is 3.41. The average Bonchev–Trinajstić information content (AvgIpc) is 2.62. The number of rotatable bonds is 2. The Balaban J connectivity index is 2.35. The van der Waals surface area contributed by atoms with Crippen LogP contribution in [0.5, 0.6) is 0 Å². The minimum absolute atomic E-state index is 0.115. The third-order valence-electron chi connectivity index (χ3n) is 2.42. The van der Waals surface area contributed by atoms with E-state index in [0.29, 0.717) is 5.82 Å². The van der Waals surface area contributed by atoms with Crippen molar-refractivity contribution in [3.8, 4) is 0 Å². The summed E-state index contributed by atoms with van der Waals surface area (Å²) in [5.74, 6) is 2.14. The Morgan fingerprint density at radius 2 is 2.00 bits per heavy atom. The molecule has 0 aliphatic heterocycles. The van der Waals surface area contributed by atoms with E-state index < -0.39 is 0 Å². The van der Waals surface area contributed by atoms with Gasteiger partial charge in [0.2, 0.25) is 0 Å². The molecule has 2 heterocycles. The molecular formula is C13H17N3OS. The van der Waals surface area contributed by atoms with Gasteiger partial charge < -0.3 is 10.2 Å². The van der Waals surface area contributed by atoms with E-state index in [1.165, 1.54) is 0 Å². The zero-order valence-corrected chi connectivity index (χ0v) is 11.8. The quantitative estimate of drug-likeness (QED) is 0.841. The van der Waals surface area contributed by atoms with Gasteiger partial charge in [-0.25, -0.2) is 9.97 Å². The van der Waals surface area contributed by atoms with Gasteiger partial charge in [-0.05, 0) is 13.0 Å². The van der Waals surface area contributed by atoms with Gasteiger partial charge in [-0.2, -0.15) is 0 Å². The molecule has 0 aliphatic carbocycles. The highest BCUT2D eigenvalue weighted by molar-refractivity contribution is 7.99. The monoisotopic (exact) mass is 263 g/mol. The van der Waals surface area contributed by atoms with Gasteiger partial charge in [0.25, 0.3) is 0 Å². The third kappa shape index (κ3) is 2.85. The van der Waals surface area contributed by atoms with Gasteiger partial charge >= 0.3 is 0 Å². The van der Waals surface area contributed by atoms with Crippen LogP contribution in [0.25, 0.3) is 0 Å². The summed E-state index contributed by atoms with van der Waals surface area (Å²) >= 11 is 1.54. The molecular weight excluding hydrogens is 246 g/mol. The van der Waals surface area contributed by atoms with E-state index in [-0.39, 0.29) is 5.41 Å². The Hall–Kier alpha value is -1.49. The van der Waals surface area contributed by atoms with Crippen LogP contribution in [-0.4, -0.2) is 9.97 Å². The number of anilines is 1. The second kappa shape index (κ2) is 4.65. The Bertz CT molecular complexity index is 558. The van der Waals surface area contributed by atoms with Crippen molar-refractivity contribution in [3.63, 3.8) is 0 Å². The van der Waals surface area contributed by atoms with E-state index in [1.807, 2.05) is 13.0 Å². The fraction of sp³-hybridized carbons (Fsp3) is 0.385. The maximum absolute atomic E-state index is 5.84. The molecule has 0 spiro atoms. The summed E-state index contributed by atoms with van der Waals surface area (Å²) in [7, 11) is 0. The molecule has 18 heavy (non-hydrogen) atoms. The first-order valence-electron chi connectivity index (χ1n) is 5.73. The fourth-order valence-electron chi connectivity index (χ4n) is 1.42. The highest BCUT2D eigenvalue weighted by Gasteiger charge is 2.19. The van der Waals surface area contributed by atoms with Gasteiger partial charge in [-0.15, -0.1) is 0 Å². The molecule has 0 atom stereocenters. The largest absolute Gasteiger partial charge is 0.468 e. The zero-order chi connectivity index (χ0) is 13.3. The summed E-state index contributed by atoms with van der Waals surface area (Å²) in [6.45, 7) is 8.13. The van der Waals surface area contributed by atoms with Crippen molar-refractivity contribution in [2.75, 3.05) is 5.73 Å². The van der Waals surface area contributed by atoms with Crippen molar-refractivity contribution in [2.24, 2.45) is 0 Å². The molecule has 5 heteroatoms. The molecule has 0 saturated carbocycles. The van der Waals surface area contributed by atoms with Gasteiger partial charge in [-0.1, -0.05) is 32.5 Å². The number of nitrogens with two attached hydrogens (primary N) is 1. The van der Waals surface area contributed by atoms with Crippen molar-refractivity contribution >= 4 is 17.6 Å². The van der Waals surface area contributed by atoms with E-state index >= 15 is 0 Å². The molecule has 2 aromatic heterocycles. The minimum Gasteiger partial charge on any atom is -0.468 e. The smallest absolute Gasteiger partial charge is 0.137 e. The van der Waals surface area contributed by atoms with Crippen LogP contribution >= 0.6 is 11.8 Å². The maximum Gasteiger partial charge on any atom is 0.137 e. The van der Waals surface area contributed by atoms with Crippen LogP contribution in [-0.2, 0) is 5.41 Å². The molecule has 0 unspecified atom stereocenters. The number of nitrogen functional groups attached to an aromatic ring is 1. The molecule has 2 N–H and O–H groups in total. The first kappa shape index (κ1) is 13.0. The topological polar surface area (TPSA) is 64.9 Å². The lowest BCUT2D eigenvalue weighted by Crippen LogP contribution is -2.17. The summed E-state index contributed by atoms with van der Waals surface area (Å²) in [6, 6.07) is 3.71. The molecule has 4 nitrogen and oxygen atoms in total. The van der Waals surface area contributed by atoms with Crippen LogP contribution in [0.2, 0.25) is 0 Å². The lowest BCUT2D eigenvalue weighted by Gasteiger charge is -2.17. The first-order valence-corrected chi connectivity index (χ1v) is 6.55. The molecule has 0 aliphatic rings. The minimum atomic E-state index is -0.115. The molecule has 0 radical (unpaired) electrons. The molecule has 0 amide bonds. The van der Waals surface area contributed by atoms with E-state index in [9.17, 15) is 0 Å². The number of hydrogen-bond acceptors (Lipinski definition) is 5. The molecule has 0 fully saturated rings. The van der Waals surface area contributed by atoms with Crippen LogP contribution < -0.4 is 5.73 Å². The molecule has 0 aromatic carbocycles. The van der Waals surface area contributed by atoms with Crippen LogP contribution in [0.15, 0.2) is 32.7 Å².